The Labute approximate surface area is 131 Å². The average Bonchev–Trinajstić information content (AvgIpc) is 2.52. The molecule has 8 heteroatoms. The van der Waals surface area contributed by atoms with Crippen molar-refractivity contribution in [2.75, 3.05) is 6.54 Å². The molecule has 2 aromatic carbocycles. The Balaban J connectivity index is 2.16. The van der Waals surface area contributed by atoms with Crippen molar-refractivity contribution in [2.24, 2.45) is 0 Å². The van der Waals surface area contributed by atoms with Crippen LogP contribution in [0.25, 0.3) is 0 Å². The van der Waals surface area contributed by atoms with Crippen LogP contribution in [0.1, 0.15) is 17.2 Å². The second kappa shape index (κ2) is 6.83. The molecule has 0 aromatic heterocycles. The van der Waals surface area contributed by atoms with E-state index in [1.54, 1.807) is 6.07 Å². The molecule has 2 aromatic rings. The number of nitriles is 1. The van der Waals surface area contributed by atoms with Crippen molar-refractivity contribution in [1.29, 1.82) is 5.26 Å². The minimum atomic E-state index is -4.25. The molecule has 0 aliphatic rings. The van der Waals surface area contributed by atoms with E-state index < -0.39 is 39.2 Å². The van der Waals surface area contributed by atoms with Crippen LogP contribution in [0, 0.1) is 23.0 Å². The summed E-state index contributed by atoms with van der Waals surface area (Å²) in [5.74, 6) is -1.76. The van der Waals surface area contributed by atoms with Crippen molar-refractivity contribution < 1.29 is 22.3 Å². The zero-order valence-electron chi connectivity index (χ0n) is 11.7. The lowest BCUT2D eigenvalue weighted by Gasteiger charge is -2.13. The van der Waals surface area contributed by atoms with E-state index in [9.17, 15) is 22.3 Å². The number of hydrogen-bond acceptors (Lipinski definition) is 4. The number of rotatable bonds is 5. The highest BCUT2D eigenvalue weighted by atomic mass is 32.2. The maximum absolute atomic E-state index is 13.8. The van der Waals surface area contributed by atoms with Crippen molar-refractivity contribution in [3.05, 3.63) is 65.2 Å². The summed E-state index contributed by atoms with van der Waals surface area (Å²) in [6.45, 7) is -0.525. The van der Waals surface area contributed by atoms with E-state index in [0.717, 1.165) is 24.3 Å². The van der Waals surface area contributed by atoms with E-state index in [2.05, 4.69) is 0 Å². The molecule has 0 bridgehead atoms. The SMILES string of the molecule is N#Cc1ccc(S(=O)(=O)NCC(O)c2ccccc2F)c(F)c1. The molecule has 1 unspecified atom stereocenters. The third-order valence-electron chi connectivity index (χ3n) is 3.08. The molecule has 0 spiro atoms. The van der Waals surface area contributed by atoms with Gasteiger partial charge in [0, 0.05) is 12.1 Å². The summed E-state index contributed by atoms with van der Waals surface area (Å²) in [7, 11) is -4.25. The van der Waals surface area contributed by atoms with Crippen LogP contribution in [0.15, 0.2) is 47.4 Å². The van der Waals surface area contributed by atoms with Crippen LogP contribution in [-0.2, 0) is 10.0 Å². The van der Waals surface area contributed by atoms with Crippen molar-refractivity contribution in [3.63, 3.8) is 0 Å². The Morgan fingerprint density at radius 1 is 1.17 bits per heavy atom. The number of aliphatic hydroxyl groups is 1. The minimum absolute atomic E-state index is 0.0205. The standard InChI is InChI=1S/C15H12F2N2O3S/c16-12-4-2-1-3-11(12)14(20)9-19-23(21,22)15-6-5-10(8-18)7-13(15)17/h1-7,14,19-20H,9H2. The fourth-order valence-electron chi connectivity index (χ4n) is 1.91. The Bertz CT molecular complexity index is 863. The van der Waals surface area contributed by atoms with E-state index in [1.807, 2.05) is 4.72 Å². The molecule has 2 rings (SSSR count). The van der Waals surface area contributed by atoms with E-state index in [0.29, 0.717) is 0 Å². The highest BCUT2D eigenvalue weighted by molar-refractivity contribution is 7.89. The van der Waals surface area contributed by atoms with E-state index >= 15 is 0 Å². The molecule has 23 heavy (non-hydrogen) atoms. The first-order valence-electron chi connectivity index (χ1n) is 6.47. The van der Waals surface area contributed by atoms with Gasteiger partial charge in [0.15, 0.2) is 0 Å². The lowest BCUT2D eigenvalue weighted by molar-refractivity contribution is 0.177. The van der Waals surface area contributed by atoms with Crippen LogP contribution in [0.4, 0.5) is 8.78 Å². The summed E-state index contributed by atoms with van der Waals surface area (Å²) in [4.78, 5) is -0.655. The van der Waals surface area contributed by atoms with Gasteiger partial charge in [0.1, 0.15) is 16.5 Å². The Morgan fingerprint density at radius 3 is 2.48 bits per heavy atom. The molecule has 0 heterocycles. The van der Waals surface area contributed by atoms with Crippen molar-refractivity contribution in [1.82, 2.24) is 4.72 Å². The summed E-state index contributed by atoms with van der Waals surface area (Å²) >= 11 is 0. The number of sulfonamides is 1. The van der Waals surface area contributed by atoms with Gasteiger partial charge in [-0.2, -0.15) is 5.26 Å². The van der Waals surface area contributed by atoms with E-state index in [4.69, 9.17) is 5.26 Å². The van der Waals surface area contributed by atoms with Gasteiger partial charge in [-0.05, 0) is 24.3 Å². The third kappa shape index (κ3) is 3.90. The van der Waals surface area contributed by atoms with Gasteiger partial charge in [-0.15, -0.1) is 0 Å². The predicted molar refractivity (Wildman–Crippen MR) is 77.7 cm³/mol. The van der Waals surface area contributed by atoms with Crippen molar-refractivity contribution in [2.45, 2.75) is 11.0 Å². The molecular weight excluding hydrogens is 326 g/mol. The summed E-state index contributed by atoms with van der Waals surface area (Å²) in [5.41, 5.74) is -0.0941. The molecule has 120 valence electrons. The molecule has 1 atom stereocenters. The molecular formula is C15H12F2N2O3S. The largest absolute Gasteiger partial charge is 0.387 e. The maximum atomic E-state index is 13.8. The Hall–Kier alpha value is -2.34. The summed E-state index contributed by atoms with van der Waals surface area (Å²) in [6.07, 6.45) is -1.42. The molecule has 5 nitrogen and oxygen atoms in total. The maximum Gasteiger partial charge on any atom is 0.243 e. The summed E-state index contributed by atoms with van der Waals surface area (Å²) < 4.78 is 53.3. The molecule has 0 fully saturated rings. The van der Waals surface area contributed by atoms with Crippen LogP contribution < -0.4 is 4.72 Å². The van der Waals surface area contributed by atoms with Gasteiger partial charge in [-0.3, -0.25) is 0 Å². The number of benzene rings is 2. The first kappa shape index (κ1) is 17.0. The molecule has 0 amide bonds. The van der Waals surface area contributed by atoms with E-state index in [1.165, 1.54) is 18.2 Å². The molecule has 0 radical (unpaired) electrons. The second-order valence-electron chi connectivity index (χ2n) is 4.65. The predicted octanol–water partition coefficient (Wildman–Crippen LogP) is 1.85. The van der Waals surface area contributed by atoms with Crippen LogP contribution in [0.3, 0.4) is 0 Å². The number of halogens is 2. The fraction of sp³-hybridized carbons (Fsp3) is 0.133. The lowest BCUT2D eigenvalue weighted by atomic mass is 10.1. The Kier molecular flexibility index (Phi) is 5.05. The van der Waals surface area contributed by atoms with Gasteiger partial charge >= 0.3 is 0 Å². The minimum Gasteiger partial charge on any atom is -0.387 e. The average molecular weight is 338 g/mol. The Morgan fingerprint density at radius 2 is 1.87 bits per heavy atom. The summed E-state index contributed by atoms with van der Waals surface area (Å²) in [5, 5.41) is 18.5. The topological polar surface area (TPSA) is 90.2 Å². The van der Waals surface area contributed by atoms with Crippen molar-refractivity contribution >= 4 is 10.0 Å². The van der Waals surface area contributed by atoms with Crippen LogP contribution in [-0.4, -0.2) is 20.1 Å². The first-order valence-corrected chi connectivity index (χ1v) is 7.95. The smallest absolute Gasteiger partial charge is 0.243 e. The van der Waals surface area contributed by atoms with Gasteiger partial charge in [-0.25, -0.2) is 21.9 Å². The fourth-order valence-corrected chi connectivity index (χ4v) is 3.01. The third-order valence-corrected chi connectivity index (χ3v) is 4.54. The lowest BCUT2D eigenvalue weighted by Crippen LogP contribution is -2.29. The molecule has 0 aliphatic heterocycles. The summed E-state index contributed by atoms with van der Waals surface area (Å²) in [6, 6.07) is 9.97. The van der Waals surface area contributed by atoms with Crippen molar-refractivity contribution in [3.8, 4) is 6.07 Å². The number of nitrogens with one attached hydrogen (secondary N) is 1. The normalized spacial score (nSPS) is 12.6. The second-order valence-corrected chi connectivity index (χ2v) is 6.38. The van der Waals surface area contributed by atoms with Gasteiger partial charge in [0.25, 0.3) is 0 Å². The van der Waals surface area contributed by atoms with Crippen LogP contribution >= 0.6 is 0 Å². The van der Waals surface area contributed by atoms with Gasteiger partial charge in [0.05, 0.1) is 17.7 Å². The first-order chi connectivity index (χ1) is 10.8. The monoisotopic (exact) mass is 338 g/mol. The van der Waals surface area contributed by atoms with E-state index in [-0.39, 0.29) is 11.1 Å². The van der Waals surface area contributed by atoms with Gasteiger partial charge in [0.2, 0.25) is 10.0 Å². The molecule has 2 N–H and O–H groups in total. The quantitative estimate of drug-likeness (QED) is 0.870. The zero-order valence-corrected chi connectivity index (χ0v) is 12.5. The van der Waals surface area contributed by atoms with Crippen LogP contribution in [0.5, 0.6) is 0 Å². The number of hydrogen-bond donors (Lipinski definition) is 2. The zero-order chi connectivity index (χ0) is 17.0. The highest BCUT2D eigenvalue weighted by Crippen LogP contribution is 2.19. The van der Waals surface area contributed by atoms with Crippen LogP contribution in [0.2, 0.25) is 0 Å². The van der Waals surface area contributed by atoms with Gasteiger partial charge < -0.3 is 5.11 Å². The van der Waals surface area contributed by atoms with Gasteiger partial charge in [-0.1, -0.05) is 18.2 Å². The molecule has 0 saturated carbocycles. The number of aliphatic hydroxyl groups excluding tert-OH is 1. The number of nitrogens with zero attached hydrogens (tertiary/aromatic N) is 1. The highest BCUT2D eigenvalue weighted by Gasteiger charge is 2.21. The molecule has 0 saturated heterocycles. The molecule has 0 aliphatic carbocycles.